The molecule has 0 saturated carbocycles. The average Bonchev–Trinajstić information content (AvgIpc) is 3.39. The summed E-state index contributed by atoms with van der Waals surface area (Å²) in [4.78, 5) is 37.9. The van der Waals surface area contributed by atoms with E-state index in [9.17, 15) is 14.4 Å². The predicted octanol–water partition coefficient (Wildman–Crippen LogP) is 4.32. The fourth-order valence-electron chi connectivity index (χ4n) is 4.33. The molecule has 0 radical (unpaired) electrons. The summed E-state index contributed by atoms with van der Waals surface area (Å²) in [5, 5.41) is 23.9. The molecule has 41 heavy (non-hydrogen) atoms. The van der Waals surface area contributed by atoms with E-state index in [1.165, 1.54) is 18.3 Å². The predicted molar refractivity (Wildman–Crippen MR) is 161 cm³/mol. The molecule has 1 aliphatic heterocycles. The number of anilines is 1. The van der Waals surface area contributed by atoms with Crippen molar-refractivity contribution >= 4 is 45.7 Å². The molecule has 0 aliphatic carbocycles. The summed E-state index contributed by atoms with van der Waals surface area (Å²) >= 11 is 1.39. The molecule has 2 aromatic carbocycles. The molecule has 214 valence electrons. The van der Waals surface area contributed by atoms with Crippen molar-refractivity contribution in [2.75, 3.05) is 12.4 Å². The smallest absolute Gasteiger partial charge is 0.230 e. The summed E-state index contributed by atoms with van der Waals surface area (Å²) in [7, 11) is 1.75. The van der Waals surface area contributed by atoms with Crippen molar-refractivity contribution < 1.29 is 14.4 Å². The minimum Gasteiger partial charge on any atom is -0.342 e. The third-order valence-electron chi connectivity index (χ3n) is 6.59. The molecular formula is C30H35N7O3S. The maximum atomic E-state index is 12.5. The first-order valence-corrected chi connectivity index (χ1v) is 14.5. The van der Waals surface area contributed by atoms with Gasteiger partial charge in [0.15, 0.2) is 0 Å². The Labute approximate surface area is 244 Å². The summed E-state index contributed by atoms with van der Waals surface area (Å²) in [6.07, 6.45) is 5.50. The molecule has 10 nitrogen and oxygen atoms in total. The zero-order valence-electron chi connectivity index (χ0n) is 23.4. The van der Waals surface area contributed by atoms with Crippen molar-refractivity contribution in [2.45, 2.75) is 64.8 Å². The second-order valence-corrected chi connectivity index (χ2v) is 11.1. The molecule has 3 aromatic rings. The van der Waals surface area contributed by atoms with Crippen molar-refractivity contribution in [2.24, 2.45) is 10.2 Å². The second-order valence-electron chi connectivity index (χ2n) is 10.1. The van der Waals surface area contributed by atoms with Gasteiger partial charge in [-0.15, -0.1) is 15.3 Å². The number of aromatic nitrogens is 2. The maximum Gasteiger partial charge on any atom is 0.230 e. The van der Waals surface area contributed by atoms with Crippen molar-refractivity contribution in [1.29, 1.82) is 0 Å². The van der Waals surface area contributed by atoms with Crippen molar-refractivity contribution in [3.63, 3.8) is 0 Å². The van der Waals surface area contributed by atoms with Gasteiger partial charge in [-0.2, -0.15) is 5.10 Å². The standard InChI is InChI=1S/C30H35N7O3S/c1-21(38)37(2)20-24-12-8-11-23(17-24)19-28(40)32-30-36-35-29(41-30)14-7-6-13-25-15-16-26(34-33-25)31-27(39)18-22-9-4-3-5-10-22/h3-5,8-12,17H,6-7,13-16,18-20H2,1-2H3,(H,31,34,39)(H,32,36,40). The van der Waals surface area contributed by atoms with E-state index in [-0.39, 0.29) is 24.1 Å². The summed E-state index contributed by atoms with van der Waals surface area (Å²) in [6.45, 7) is 2.03. The summed E-state index contributed by atoms with van der Waals surface area (Å²) in [5.41, 5.74) is 3.85. The van der Waals surface area contributed by atoms with Crippen LogP contribution in [0.5, 0.6) is 0 Å². The number of carbonyl (C=O) groups excluding carboxylic acids is 3. The van der Waals surface area contributed by atoms with Crippen LogP contribution in [0, 0.1) is 0 Å². The number of carbonyl (C=O) groups is 3. The van der Waals surface area contributed by atoms with Crippen molar-refractivity contribution in [1.82, 2.24) is 20.4 Å². The fraction of sp³-hybridized carbons (Fsp3) is 0.367. The third kappa shape index (κ3) is 10.0. The molecular weight excluding hydrogens is 538 g/mol. The van der Waals surface area contributed by atoms with Gasteiger partial charge in [-0.3, -0.25) is 14.4 Å². The van der Waals surface area contributed by atoms with Crippen molar-refractivity contribution in [3.05, 3.63) is 76.3 Å². The molecule has 2 heterocycles. The Morgan fingerprint density at radius 1 is 0.829 bits per heavy atom. The minimum absolute atomic E-state index is 0.00674. The molecule has 11 heteroatoms. The Morgan fingerprint density at radius 2 is 1.54 bits per heavy atom. The van der Waals surface area contributed by atoms with Crippen LogP contribution in [0.15, 0.2) is 64.8 Å². The van der Waals surface area contributed by atoms with E-state index in [0.29, 0.717) is 30.4 Å². The lowest BCUT2D eigenvalue weighted by atomic mass is 10.1. The number of amidine groups is 1. The monoisotopic (exact) mass is 573 g/mol. The van der Waals surface area contributed by atoms with Gasteiger partial charge in [-0.1, -0.05) is 65.9 Å². The topological polar surface area (TPSA) is 129 Å². The van der Waals surface area contributed by atoms with Crippen LogP contribution < -0.4 is 10.6 Å². The van der Waals surface area contributed by atoms with Gasteiger partial charge in [0, 0.05) is 39.1 Å². The lowest BCUT2D eigenvalue weighted by molar-refractivity contribution is -0.128. The van der Waals surface area contributed by atoms with Gasteiger partial charge in [-0.25, -0.2) is 0 Å². The van der Waals surface area contributed by atoms with Crippen LogP contribution >= 0.6 is 11.3 Å². The molecule has 0 spiro atoms. The van der Waals surface area contributed by atoms with E-state index in [1.54, 1.807) is 11.9 Å². The van der Waals surface area contributed by atoms with E-state index in [4.69, 9.17) is 0 Å². The minimum atomic E-state index is -0.156. The number of rotatable bonds is 12. The first kappa shape index (κ1) is 29.7. The first-order chi connectivity index (χ1) is 19.8. The summed E-state index contributed by atoms with van der Waals surface area (Å²) in [6, 6.07) is 17.3. The van der Waals surface area contributed by atoms with Gasteiger partial charge in [0.25, 0.3) is 0 Å². The number of unbranched alkanes of at least 4 members (excludes halogenated alkanes) is 1. The van der Waals surface area contributed by atoms with E-state index >= 15 is 0 Å². The molecule has 3 amide bonds. The lowest BCUT2D eigenvalue weighted by Crippen LogP contribution is -2.33. The molecule has 0 unspecified atom stereocenters. The van der Waals surface area contributed by atoms with Crippen LogP contribution in [0.2, 0.25) is 0 Å². The van der Waals surface area contributed by atoms with Gasteiger partial charge in [-0.05, 0) is 42.4 Å². The maximum absolute atomic E-state index is 12.5. The Morgan fingerprint density at radius 3 is 2.29 bits per heavy atom. The van der Waals surface area contributed by atoms with Crippen LogP contribution in [0.4, 0.5) is 5.13 Å². The molecule has 0 saturated heterocycles. The van der Waals surface area contributed by atoms with Gasteiger partial charge in [0.2, 0.25) is 22.9 Å². The first-order valence-electron chi connectivity index (χ1n) is 13.7. The average molecular weight is 574 g/mol. The number of benzene rings is 2. The summed E-state index contributed by atoms with van der Waals surface area (Å²) in [5.74, 6) is 0.375. The highest BCUT2D eigenvalue weighted by Crippen LogP contribution is 2.19. The Bertz CT molecular complexity index is 1420. The Balaban J connectivity index is 1.15. The van der Waals surface area contributed by atoms with Crippen LogP contribution in [-0.2, 0) is 40.2 Å². The molecule has 0 atom stereocenters. The number of nitrogens with zero attached hydrogens (tertiary/aromatic N) is 5. The van der Waals surface area contributed by atoms with Gasteiger partial charge in [0.05, 0.1) is 12.8 Å². The molecule has 4 rings (SSSR count). The number of nitrogens with one attached hydrogen (secondary N) is 2. The number of amides is 3. The SMILES string of the molecule is CC(=O)N(C)Cc1cccc(CC(=O)Nc2nnc(CCCCC3=NN=C(NC(=O)Cc4ccccc4)CC3)s2)c1. The summed E-state index contributed by atoms with van der Waals surface area (Å²) < 4.78 is 0. The van der Waals surface area contributed by atoms with Gasteiger partial charge < -0.3 is 15.5 Å². The highest BCUT2D eigenvalue weighted by molar-refractivity contribution is 7.15. The quantitative estimate of drug-likeness (QED) is 0.312. The molecule has 2 N–H and O–H groups in total. The number of hydrogen-bond donors (Lipinski definition) is 2. The normalized spacial score (nSPS) is 12.7. The largest absolute Gasteiger partial charge is 0.342 e. The van der Waals surface area contributed by atoms with E-state index in [1.807, 2.05) is 54.6 Å². The van der Waals surface area contributed by atoms with Crippen LogP contribution in [0.25, 0.3) is 0 Å². The molecule has 0 fully saturated rings. The third-order valence-corrected chi connectivity index (χ3v) is 7.48. The second kappa shape index (κ2) is 14.9. The zero-order chi connectivity index (χ0) is 29.0. The van der Waals surface area contributed by atoms with Gasteiger partial charge in [0.1, 0.15) is 10.8 Å². The highest BCUT2D eigenvalue weighted by atomic mass is 32.1. The van der Waals surface area contributed by atoms with E-state index < -0.39 is 0 Å². The van der Waals surface area contributed by atoms with Crippen LogP contribution in [0.3, 0.4) is 0 Å². The lowest BCUT2D eigenvalue weighted by Gasteiger charge is -2.15. The van der Waals surface area contributed by atoms with E-state index in [2.05, 4.69) is 31.0 Å². The highest BCUT2D eigenvalue weighted by Gasteiger charge is 2.14. The van der Waals surface area contributed by atoms with E-state index in [0.717, 1.165) is 59.5 Å². The zero-order valence-corrected chi connectivity index (χ0v) is 24.2. The molecule has 0 bridgehead atoms. The Hall–Kier alpha value is -4.25. The van der Waals surface area contributed by atoms with Crippen LogP contribution in [-0.4, -0.2) is 51.4 Å². The fourth-order valence-corrected chi connectivity index (χ4v) is 5.12. The Kier molecular flexibility index (Phi) is 10.8. The van der Waals surface area contributed by atoms with Gasteiger partial charge >= 0.3 is 0 Å². The van der Waals surface area contributed by atoms with Crippen molar-refractivity contribution in [3.8, 4) is 0 Å². The number of aryl methyl sites for hydroxylation is 1. The molecule has 1 aliphatic rings. The molecule has 1 aromatic heterocycles. The number of hydrogen-bond acceptors (Lipinski definition) is 8. The van der Waals surface area contributed by atoms with Crippen LogP contribution in [0.1, 0.15) is 60.7 Å².